The number of quaternary nitrogens is 2. The van der Waals surface area contributed by atoms with Crippen LogP contribution in [0.5, 0.6) is 11.5 Å². The predicted octanol–water partition coefficient (Wildman–Crippen LogP) is 7.04. The van der Waals surface area contributed by atoms with E-state index in [1.807, 2.05) is 38.1 Å². The molecule has 0 radical (unpaired) electrons. The van der Waals surface area contributed by atoms with E-state index in [9.17, 15) is 49.9 Å². The minimum absolute atomic E-state index is 0.0442. The Morgan fingerprint density at radius 3 is 1.26 bits per heavy atom. The first kappa shape index (κ1) is 82.5. The van der Waals surface area contributed by atoms with Crippen molar-refractivity contribution in [1.82, 2.24) is 60.6 Å². The number of nitrogens with one attached hydrogen (secondary N) is 8. The van der Waals surface area contributed by atoms with Gasteiger partial charge in [-0.15, -0.1) is 0 Å². The van der Waals surface area contributed by atoms with Crippen molar-refractivity contribution in [3.8, 4) is 34.0 Å². The van der Waals surface area contributed by atoms with Gasteiger partial charge >= 0.3 is 6.18 Å². The standard InChI is InChI=1S/2C38H46F2N8O3.C2HF3O2.CH2O2/c2*1-4-25-17-27(45-35-36-43-21-31(47(36)12-11-42-35)30-7-8-32(51-3)34(40)33(30)39)5-6-29(25)38(50)44-20-23-15-28(16-23)46-37(49)26-9-13-48(2,14-10-26)22-24-18-41-19-24;3-2(4,5)1(6)7;2-1-3/h2*5-8,11-12,17,21,23-24,26,28,41H,4,9-10,13-16,18-20,22H2,1-3H3,(H2-,42,44,45,46,49,50);(H,6,7);1H,(H,2,3). The molecule has 2 aliphatic carbocycles. The zero-order valence-corrected chi connectivity index (χ0v) is 63.3. The molecule has 112 heavy (non-hydrogen) atoms. The first-order valence-electron chi connectivity index (χ1n) is 37.7. The lowest BCUT2D eigenvalue weighted by atomic mass is 9.79. The van der Waals surface area contributed by atoms with Gasteiger partial charge in [0.25, 0.3) is 11.8 Å². The molecule has 6 fully saturated rings. The second-order valence-corrected chi connectivity index (χ2v) is 30.3. The number of likely N-dealkylation sites (tertiary alicyclic amines) is 2. The van der Waals surface area contributed by atoms with Gasteiger partial charge in [-0.2, -0.15) is 22.0 Å². The summed E-state index contributed by atoms with van der Waals surface area (Å²) >= 11 is 0. The molecule has 4 aliphatic heterocycles. The number of benzene rings is 4. The van der Waals surface area contributed by atoms with E-state index in [1.54, 1.807) is 45.7 Å². The maximum atomic E-state index is 14.9. The zero-order valence-electron chi connectivity index (χ0n) is 63.3. The molecule has 0 bridgehead atoms. The number of hydrogen-bond donors (Lipinski definition) is 8. The third-order valence-electron chi connectivity index (χ3n) is 22.4. The van der Waals surface area contributed by atoms with Gasteiger partial charge < -0.3 is 80.8 Å². The Kier molecular flexibility index (Phi) is 26.7. The smallest absolute Gasteiger partial charge is 0.430 e. The summed E-state index contributed by atoms with van der Waals surface area (Å²) in [6.45, 7) is 15.8. The summed E-state index contributed by atoms with van der Waals surface area (Å²) in [7, 11) is 7.24. The van der Waals surface area contributed by atoms with Gasteiger partial charge in [-0.1, -0.05) is 13.8 Å². The summed E-state index contributed by atoms with van der Waals surface area (Å²) in [5.41, 5.74) is 6.04. The lowest BCUT2D eigenvalue weighted by Crippen LogP contribution is -2.59. The van der Waals surface area contributed by atoms with Crippen LogP contribution in [0.4, 0.5) is 53.7 Å². The normalized spacial score (nSPS) is 22.0. The SMILES string of the molecule is CCc1cc(Nc2nccn3c(-c4ccc(OC)c(F)c4F)cnc23)ccc1C(=O)NCC1CC(NC(=O)C2CC[N+](C)(CC3CNC3)CC2)C1.CCc1cc(Nc2nccn3c(-c4ccc(OC)c(F)c4F)cnc23)ccc1C(=O)NCC1CC(NC(=O)C2CC[N+](C)(CC3CNC3)CC2)C1.O=C([O-])C(F)(F)F.O=C[O-]. The third kappa shape index (κ3) is 19.7. The molecule has 600 valence electrons. The first-order chi connectivity index (χ1) is 53.6. The number of carboxylic acids is 1. The molecule has 2 saturated carbocycles. The van der Waals surface area contributed by atoms with Crippen LogP contribution < -0.4 is 62.2 Å². The molecular weight excluding hydrogens is 1470 g/mol. The van der Waals surface area contributed by atoms with E-state index in [4.69, 9.17) is 29.3 Å². The van der Waals surface area contributed by atoms with Gasteiger partial charge in [0.15, 0.2) is 46.1 Å². The van der Waals surface area contributed by atoms with Crippen LogP contribution in [0.25, 0.3) is 33.8 Å². The van der Waals surface area contributed by atoms with Gasteiger partial charge in [-0.25, -0.2) is 28.7 Å². The number of hydrogen-bond acceptors (Lipinski definition) is 18. The molecule has 14 rings (SSSR count). The van der Waals surface area contributed by atoms with Gasteiger partial charge in [-0.3, -0.25) is 28.0 Å². The van der Waals surface area contributed by atoms with Crippen LogP contribution in [-0.4, -0.2) is 199 Å². The molecule has 8 heterocycles. The van der Waals surface area contributed by atoms with E-state index in [0.717, 1.165) is 136 Å². The summed E-state index contributed by atoms with van der Waals surface area (Å²) in [6.07, 6.45) is 12.7. The summed E-state index contributed by atoms with van der Waals surface area (Å²) in [5, 5.41) is 43.1. The number of ether oxygens (including phenoxy) is 2. The van der Waals surface area contributed by atoms with Crippen LogP contribution in [0, 0.1) is 58.8 Å². The van der Waals surface area contributed by atoms with Crippen LogP contribution >= 0.6 is 0 Å². The fourth-order valence-electron chi connectivity index (χ4n) is 15.6. The van der Waals surface area contributed by atoms with Crippen LogP contribution in [0.2, 0.25) is 0 Å². The minimum Gasteiger partial charge on any atom is -0.554 e. The van der Waals surface area contributed by atoms with Crippen LogP contribution in [0.15, 0.2) is 97.8 Å². The van der Waals surface area contributed by atoms with Crippen molar-refractivity contribution < 1.29 is 88.2 Å². The number of amides is 4. The summed E-state index contributed by atoms with van der Waals surface area (Å²) in [4.78, 5) is 87.3. The van der Waals surface area contributed by atoms with Gasteiger partial charge in [0.1, 0.15) is 5.97 Å². The van der Waals surface area contributed by atoms with Crippen molar-refractivity contribution in [3.63, 3.8) is 0 Å². The molecule has 0 unspecified atom stereocenters. The van der Waals surface area contributed by atoms with Crippen LogP contribution in [0.1, 0.15) is 97.1 Å². The number of alkyl halides is 3. The number of imidazole rings is 2. The van der Waals surface area contributed by atoms with E-state index in [-0.39, 0.29) is 70.2 Å². The molecule has 8 N–H and O–H groups in total. The Labute approximate surface area is 643 Å². The van der Waals surface area contributed by atoms with Crippen molar-refractivity contribution in [3.05, 3.63) is 143 Å². The lowest BCUT2D eigenvalue weighted by Gasteiger charge is -2.44. The number of aromatic nitrogens is 6. The number of anilines is 4. The minimum atomic E-state index is -5.19. The fourth-order valence-corrected chi connectivity index (χ4v) is 15.6. The molecule has 8 aromatic rings. The highest BCUT2D eigenvalue weighted by Gasteiger charge is 2.41. The number of nitrogens with zero attached hydrogens (tertiary/aromatic N) is 8. The van der Waals surface area contributed by atoms with E-state index < -0.39 is 41.9 Å². The number of carboxylic acid groups (broad SMARTS) is 2. The maximum absolute atomic E-state index is 14.9. The lowest BCUT2D eigenvalue weighted by molar-refractivity contribution is -0.918. The van der Waals surface area contributed by atoms with Crippen molar-refractivity contribution in [2.24, 2.45) is 35.5 Å². The van der Waals surface area contributed by atoms with Gasteiger partial charge in [0.2, 0.25) is 23.4 Å². The molecule has 26 nitrogen and oxygen atoms in total. The van der Waals surface area contributed by atoms with Gasteiger partial charge in [-0.05, 0) is 122 Å². The van der Waals surface area contributed by atoms with Gasteiger partial charge in [0.05, 0.1) is 91.4 Å². The average molecular weight is 1560 g/mol. The molecule has 0 atom stereocenters. The van der Waals surface area contributed by atoms with Crippen LogP contribution in [-0.2, 0) is 32.0 Å². The van der Waals surface area contributed by atoms with Crippen molar-refractivity contribution in [1.29, 1.82) is 0 Å². The predicted molar refractivity (Wildman–Crippen MR) is 399 cm³/mol. The second-order valence-electron chi connectivity index (χ2n) is 30.3. The zero-order chi connectivity index (χ0) is 80.2. The average Bonchev–Trinajstić information content (AvgIpc) is 1.61. The van der Waals surface area contributed by atoms with E-state index >= 15 is 0 Å². The Hall–Kier alpha value is -10.5. The topological polar surface area (TPSA) is 324 Å². The largest absolute Gasteiger partial charge is 0.554 e. The fraction of sp³-hybridized carbons (Fsp3) is 0.468. The molecule has 4 saturated heterocycles. The van der Waals surface area contributed by atoms with E-state index in [0.29, 0.717) is 94.6 Å². The number of carbonyl (C=O) groups is 6. The molecule has 4 aromatic heterocycles. The van der Waals surface area contributed by atoms with Crippen molar-refractivity contribution in [2.75, 3.05) is 117 Å². The number of carbonyl (C=O) groups excluding carboxylic acids is 6. The monoisotopic (exact) mass is 1560 g/mol. The number of piperidine rings is 2. The number of fused-ring (bicyclic) bond motifs is 2. The Bertz CT molecular complexity index is 4410. The van der Waals surface area contributed by atoms with Gasteiger partial charge in [0, 0.05) is 166 Å². The molecule has 33 heteroatoms. The van der Waals surface area contributed by atoms with Crippen LogP contribution in [0.3, 0.4) is 0 Å². The first-order valence-corrected chi connectivity index (χ1v) is 37.7. The Morgan fingerprint density at radius 1 is 0.571 bits per heavy atom. The molecule has 6 aliphatic rings. The maximum Gasteiger partial charge on any atom is 0.430 e. The summed E-state index contributed by atoms with van der Waals surface area (Å²) in [6, 6.07) is 17.1. The third-order valence-corrected chi connectivity index (χ3v) is 22.4. The highest BCUT2D eigenvalue weighted by molar-refractivity contribution is 5.97. The number of rotatable bonds is 24. The second kappa shape index (κ2) is 36.3. The van der Waals surface area contributed by atoms with E-state index in [2.05, 4.69) is 76.6 Å². The quantitative estimate of drug-likeness (QED) is 0.0171. The number of aliphatic carboxylic acids is 1. The molecule has 4 aromatic carbocycles. The molecule has 4 amide bonds. The van der Waals surface area contributed by atoms with E-state index in [1.165, 1.54) is 64.0 Å². The Morgan fingerprint density at radius 2 is 0.938 bits per heavy atom. The molecule has 0 spiro atoms. The van der Waals surface area contributed by atoms with Crippen molar-refractivity contribution in [2.45, 2.75) is 96.3 Å². The molecular formula is C79H95F7N16O10. The number of methoxy groups -OCH3 is 2. The number of aryl methyl sites for hydroxylation is 2. The highest BCUT2D eigenvalue weighted by atomic mass is 19.4. The Balaban J connectivity index is 0.000000198. The summed E-state index contributed by atoms with van der Waals surface area (Å²) < 4.78 is 106. The highest BCUT2D eigenvalue weighted by Crippen LogP contribution is 2.37. The summed E-state index contributed by atoms with van der Waals surface area (Å²) in [5.74, 6) is -4.13. The number of halogens is 7. The van der Waals surface area contributed by atoms with Crippen molar-refractivity contribution >= 4 is 70.4 Å².